The van der Waals surface area contributed by atoms with E-state index in [0.717, 1.165) is 0 Å². The van der Waals surface area contributed by atoms with Crippen LogP contribution in [0.4, 0.5) is 5.69 Å². The fourth-order valence-electron chi connectivity index (χ4n) is 1.76. The van der Waals surface area contributed by atoms with E-state index in [1.54, 1.807) is 25.3 Å². The molecule has 1 aliphatic rings. The Hall–Kier alpha value is -2.08. The number of anilines is 1. The van der Waals surface area contributed by atoms with Gasteiger partial charge in [0.15, 0.2) is 6.10 Å². The van der Waals surface area contributed by atoms with E-state index in [1.807, 2.05) is 6.07 Å². The van der Waals surface area contributed by atoms with Gasteiger partial charge in [0.25, 0.3) is 5.91 Å². The van der Waals surface area contributed by atoms with Gasteiger partial charge < -0.3 is 20.1 Å². The number of rotatable bonds is 5. The highest BCUT2D eigenvalue weighted by atomic mass is 16.5. The molecule has 0 bridgehead atoms. The lowest BCUT2D eigenvalue weighted by atomic mass is 10.1. The van der Waals surface area contributed by atoms with Crippen LogP contribution in [0.15, 0.2) is 24.3 Å². The second kappa shape index (κ2) is 6.19. The summed E-state index contributed by atoms with van der Waals surface area (Å²) in [5, 5.41) is 5.37. The lowest BCUT2D eigenvalue weighted by Crippen LogP contribution is -2.41. The van der Waals surface area contributed by atoms with Gasteiger partial charge in [-0.2, -0.15) is 0 Å². The van der Waals surface area contributed by atoms with Gasteiger partial charge in [0, 0.05) is 13.7 Å². The number of carbonyl (C=O) groups excluding carboxylic acids is 2. The van der Waals surface area contributed by atoms with Crippen molar-refractivity contribution in [3.63, 3.8) is 0 Å². The fourth-order valence-corrected chi connectivity index (χ4v) is 1.76. The Balaban J connectivity index is 1.92. The molecule has 1 atom stereocenters. The first-order valence-electron chi connectivity index (χ1n) is 6.03. The average molecular weight is 264 g/mol. The summed E-state index contributed by atoms with van der Waals surface area (Å²) in [7, 11) is 1.56. The molecule has 2 amide bonds. The number of hydrogen-bond acceptors (Lipinski definition) is 4. The van der Waals surface area contributed by atoms with E-state index < -0.39 is 6.10 Å². The SMILES string of the molecule is COCCNC(=O)CC1Oc2ccccc2NC1=O. The van der Waals surface area contributed by atoms with Crippen LogP contribution < -0.4 is 15.4 Å². The lowest BCUT2D eigenvalue weighted by Gasteiger charge is -2.25. The van der Waals surface area contributed by atoms with Crippen molar-refractivity contribution < 1.29 is 19.1 Å². The number of fused-ring (bicyclic) bond motifs is 1. The van der Waals surface area contributed by atoms with Crippen LogP contribution in [0, 0.1) is 0 Å². The maximum Gasteiger partial charge on any atom is 0.266 e. The molecule has 19 heavy (non-hydrogen) atoms. The van der Waals surface area contributed by atoms with E-state index in [1.165, 1.54) is 0 Å². The number of nitrogens with one attached hydrogen (secondary N) is 2. The third-order valence-electron chi connectivity index (χ3n) is 2.71. The number of ether oxygens (including phenoxy) is 2. The largest absolute Gasteiger partial charge is 0.478 e. The van der Waals surface area contributed by atoms with Crippen molar-refractivity contribution in [3.05, 3.63) is 24.3 Å². The van der Waals surface area contributed by atoms with Gasteiger partial charge in [-0.3, -0.25) is 9.59 Å². The molecule has 0 fully saturated rings. The zero-order chi connectivity index (χ0) is 13.7. The molecule has 0 spiro atoms. The van der Waals surface area contributed by atoms with E-state index in [4.69, 9.17) is 9.47 Å². The monoisotopic (exact) mass is 264 g/mol. The third kappa shape index (κ3) is 3.45. The fraction of sp³-hybridized carbons (Fsp3) is 0.385. The smallest absolute Gasteiger partial charge is 0.266 e. The van der Waals surface area contributed by atoms with E-state index in [0.29, 0.717) is 24.6 Å². The van der Waals surface area contributed by atoms with Crippen molar-refractivity contribution in [1.29, 1.82) is 0 Å². The summed E-state index contributed by atoms with van der Waals surface area (Å²) in [5.74, 6) is 0.0361. The standard InChI is InChI=1S/C13H16N2O4/c1-18-7-6-14-12(16)8-11-13(17)15-9-4-2-3-5-10(9)19-11/h2-5,11H,6-8H2,1H3,(H,14,16)(H,15,17). The quantitative estimate of drug-likeness (QED) is 0.761. The van der Waals surface area contributed by atoms with Crippen LogP contribution in [0.25, 0.3) is 0 Å². The summed E-state index contributed by atoms with van der Waals surface area (Å²) in [5.41, 5.74) is 0.628. The summed E-state index contributed by atoms with van der Waals surface area (Å²) in [6, 6.07) is 7.12. The van der Waals surface area contributed by atoms with Crippen molar-refractivity contribution in [2.45, 2.75) is 12.5 Å². The van der Waals surface area contributed by atoms with Crippen LogP contribution in [0.5, 0.6) is 5.75 Å². The van der Waals surface area contributed by atoms with Crippen LogP contribution in [-0.4, -0.2) is 38.2 Å². The highest BCUT2D eigenvalue weighted by molar-refractivity contribution is 5.99. The van der Waals surface area contributed by atoms with E-state index in [2.05, 4.69) is 10.6 Å². The molecule has 1 aliphatic heterocycles. The maximum atomic E-state index is 11.8. The van der Waals surface area contributed by atoms with Crippen LogP contribution in [0.2, 0.25) is 0 Å². The Kier molecular flexibility index (Phi) is 4.35. The van der Waals surface area contributed by atoms with Gasteiger partial charge in [0.2, 0.25) is 5.91 Å². The second-order valence-corrected chi connectivity index (χ2v) is 4.14. The van der Waals surface area contributed by atoms with E-state index >= 15 is 0 Å². The Morgan fingerprint density at radius 2 is 2.26 bits per heavy atom. The first kappa shape index (κ1) is 13.4. The molecule has 0 radical (unpaired) electrons. The van der Waals surface area contributed by atoms with Gasteiger partial charge in [-0.15, -0.1) is 0 Å². The van der Waals surface area contributed by atoms with Crippen LogP contribution >= 0.6 is 0 Å². The molecule has 0 saturated heterocycles. The molecule has 6 heteroatoms. The van der Waals surface area contributed by atoms with Crippen molar-refractivity contribution in [1.82, 2.24) is 5.32 Å². The Morgan fingerprint density at radius 3 is 3.05 bits per heavy atom. The van der Waals surface area contributed by atoms with Gasteiger partial charge in [-0.25, -0.2) is 0 Å². The van der Waals surface area contributed by atoms with Crippen molar-refractivity contribution in [3.8, 4) is 5.75 Å². The molecule has 1 aromatic rings. The van der Waals surface area contributed by atoms with Gasteiger partial charge >= 0.3 is 0 Å². The van der Waals surface area contributed by atoms with Gasteiger partial charge in [-0.1, -0.05) is 12.1 Å². The molecule has 0 aromatic heterocycles. The van der Waals surface area contributed by atoms with Crippen LogP contribution in [-0.2, 0) is 14.3 Å². The normalized spacial score (nSPS) is 17.1. The third-order valence-corrected chi connectivity index (χ3v) is 2.71. The molecule has 1 heterocycles. The highest BCUT2D eigenvalue weighted by Crippen LogP contribution is 2.29. The number of hydrogen-bond donors (Lipinski definition) is 2. The first-order valence-corrected chi connectivity index (χ1v) is 6.03. The van der Waals surface area contributed by atoms with Crippen molar-refractivity contribution in [2.24, 2.45) is 0 Å². The zero-order valence-corrected chi connectivity index (χ0v) is 10.6. The summed E-state index contributed by atoms with van der Waals surface area (Å²) < 4.78 is 10.3. The molecule has 2 N–H and O–H groups in total. The molecule has 102 valence electrons. The number of carbonyl (C=O) groups is 2. The van der Waals surface area contributed by atoms with Crippen molar-refractivity contribution in [2.75, 3.05) is 25.6 Å². The Labute approximate surface area is 111 Å². The summed E-state index contributed by atoms with van der Waals surface area (Å²) in [6.45, 7) is 0.854. The van der Waals surface area contributed by atoms with E-state index in [-0.39, 0.29) is 18.2 Å². The first-order chi connectivity index (χ1) is 9.20. The lowest BCUT2D eigenvalue weighted by molar-refractivity contribution is -0.130. The van der Waals surface area contributed by atoms with E-state index in [9.17, 15) is 9.59 Å². The van der Waals surface area contributed by atoms with Crippen molar-refractivity contribution >= 4 is 17.5 Å². The van der Waals surface area contributed by atoms with Gasteiger partial charge in [0.05, 0.1) is 18.7 Å². The minimum absolute atomic E-state index is 0.0100. The second-order valence-electron chi connectivity index (χ2n) is 4.14. The number of methoxy groups -OCH3 is 1. The molecule has 0 aliphatic carbocycles. The highest BCUT2D eigenvalue weighted by Gasteiger charge is 2.29. The zero-order valence-electron chi connectivity index (χ0n) is 10.6. The minimum Gasteiger partial charge on any atom is -0.478 e. The van der Waals surface area contributed by atoms with Gasteiger partial charge in [0.1, 0.15) is 5.75 Å². The molecule has 2 rings (SSSR count). The predicted molar refractivity (Wildman–Crippen MR) is 69.0 cm³/mol. The molecule has 6 nitrogen and oxygen atoms in total. The summed E-state index contributed by atoms with van der Waals surface area (Å²) in [4.78, 5) is 23.4. The van der Waals surface area contributed by atoms with Gasteiger partial charge in [-0.05, 0) is 12.1 Å². The topological polar surface area (TPSA) is 76.7 Å². The maximum absolute atomic E-state index is 11.8. The predicted octanol–water partition coefficient (Wildman–Crippen LogP) is 0.539. The van der Waals surface area contributed by atoms with Crippen LogP contribution in [0.3, 0.4) is 0 Å². The molecule has 1 aromatic carbocycles. The molecule has 0 saturated carbocycles. The van der Waals surface area contributed by atoms with Crippen LogP contribution in [0.1, 0.15) is 6.42 Å². The Morgan fingerprint density at radius 1 is 1.47 bits per heavy atom. The number of benzene rings is 1. The summed E-state index contributed by atoms with van der Waals surface area (Å²) >= 11 is 0. The molecular weight excluding hydrogens is 248 g/mol. The number of para-hydroxylation sites is 2. The molecule has 1 unspecified atom stereocenters. The summed E-state index contributed by atoms with van der Waals surface area (Å²) in [6.07, 6.45) is -0.804. The minimum atomic E-state index is -0.794. The molecular formula is C13H16N2O4. The average Bonchev–Trinajstić information content (AvgIpc) is 2.40. The number of amides is 2. The Bertz CT molecular complexity index is 475.